The summed E-state index contributed by atoms with van der Waals surface area (Å²) in [4.78, 5) is 30.0. The number of hydrogen-bond acceptors (Lipinski definition) is 4. The quantitative estimate of drug-likeness (QED) is 0.162. The average molecular weight is 681 g/mol. The maximum atomic E-state index is 14.6. The van der Waals surface area contributed by atoms with Crippen molar-refractivity contribution in [1.82, 2.24) is 10.2 Å². The summed E-state index contributed by atoms with van der Waals surface area (Å²) in [6.45, 7) is 7.42. The van der Waals surface area contributed by atoms with E-state index in [2.05, 4.69) is 5.32 Å². The average Bonchev–Trinajstić information content (AvgIpc) is 3.01. The van der Waals surface area contributed by atoms with Gasteiger partial charge in [0.25, 0.3) is 10.0 Å². The lowest BCUT2D eigenvalue weighted by Gasteiger charge is -2.34. The molecule has 0 heterocycles. The fourth-order valence-corrected chi connectivity index (χ4v) is 7.11. The molecule has 0 saturated carbocycles. The summed E-state index contributed by atoms with van der Waals surface area (Å²) >= 11 is 13.2. The van der Waals surface area contributed by atoms with Crippen molar-refractivity contribution in [3.05, 3.63) is 129 Å². The van der Waals surface area contributed by atoms with E-state index in [1.807, 2.05) is 64.1 Å². The monoisotopic (exact) mass is 679 g/mol. The zero-order chi connectivity index (χ0) is 33.4. The molecule has 4 rings (SSSR count). The molecular weight excluding hydrogens is 641 g/mol. The molecule has 0 aliphatic heterocycles. The Morgan fingerprint density at radius 2 is 1.37 bits per heavy atom. The summed E-state index contributed by atoms with van der Waals surface area (Å²) in [5, 5.41) is 3.63. The third-order valence-corrected chi connectivity index (χ3v) is 9.95. The van der Waals surface area contributed by atoms with Crippen molar-refractivity contribution < 1.29 is 18.0 Å². The Bertz CT molecular complexity index is 1730. The minimum Gasteiger partial charge on any atom is -0.354 e. The predicted octanol–water partition coefficient (Wildman–Crippen LogP) is 7.22. The van der Waals surface area contributed by atoms with Gasteiger partial charge in [-0.3, -0.25) is 13.9 Å². The fraction of sp³-hybridized carbons (Fsp3) is 0.278. The SMILES string of the molecule is Cc1cc(C)cc(N(CC(=O)N(Cc2c(Cl)cccc2Cl)[C@@H](Cc2ccccc2)C(=O)NCC(C)C)S(=O)(=O)c2ccccc2)c1. The van der Waals surface area contributed by atoms with Crippen LogP contribution < -0.4 is 9.62 Å². The molecule has 0 bridgehead atoms. The molecule has 0 aliphatic carbocycles. The summed E-state index contributed by atoms with van der Waals surface area (Å²) in [5.41, 5.74) is 3.31. The van der Waals surface area contributed by atoms with E-state index in [0.29, 0.717) is 27.8 Å². The number of anilines is 1. The van der Waals surface area contributed by atoms with Crippen molar-refractivity contribution in [3.8, 4) is 0 Å². The molecule has 1 atom stereocenters. The maximum absolute atomic E-state index is 14.6. The number of benzene rings is 4. The number of amides is 2. The van der Waals surface area contributed by atoms with Crippen molar-refractivity contribution in [1.29, 1.82) is 0 Å². The molecule has 10 heteroatoms. The van der Waals surface area contributed by atoms with Crippen LogP contribution in [0, 0.1) is 19.8 Å². The number of halogens is 2. The second-order valence-electron chi connectivity index (χ2n) is 11.7. The van der Waals surface area contributed by atoms with E-state index in [0.717, 1.165) is 21.0 Å². The molecule has 1 N–H and O–H groups in total. The highest BCUT2D eigenvalue weighted by atomic mass is 35.5. The van der Waals surface area contributed by atoms with Crippen LogP contribution in [0.1, 0.15) is 36.1 Å². The maximum Gasteiger partial charge on any atom is 0.264 e. The first-order valence-corrected chi connectivity index (χ1v) is 17.3. The standard InChI is InChI=1S/C36H39Cl2N3O4S/c1-25(2)22-39-36(43)34(21-28-12-7-5-8-13-28)40(23-31-32(37)16-11-17-33(31)38)35(42)24-41(29-19-26(3)18-27(4)20-29)46(44,45)30-14-9-6-10-15-30/h5-20,25,34H,21-24H2,1-4H3,(H,39,43)/t34-/m0/s1. The van der Waals surface area contributed by atoms with E-state index in [1.54, 1.807) is 48.5 Å². The second-order valence-corrected chi connectivity index (χ2v) is 14.4. The van der Waals surface area contributed by atoms with Gasteiger partial charge in [-0.2, -0.15) is 0 Å². The van der Waals surface area contributed by atoms with Gasteiger partial charge in [0.2, 0.25) is 11.8 Å². The van der Waals surface area contributed by atoms with Gasteiger partial charge in [0.1, 0.15) is 12.6 Å². The summed E-state index contributed by atoms with van der Waals surface area (Å²) in [7, 11) is -4.20. The number of carbonyl (C=O) groups is 2. The number of nitrogens with one attached hydrogen (secondary N) is 1. The number of nitrogens with zero attached hydrogens (tertiary/aromatic N) is 2. The van der Waals surface area contributed by atoms with Gasteiger partial charge in [0, 0.05) is 35.1 Å². The highest BCUT2D eigenvalue weighted by Gasteiger charge is 2.35. The molecule has 0 unspecified atom stereocenters. The Labute approximate surface area is 282 Å². The van der Waals surface area contributed by atoms with Gasteiger partial charge in [-0.1, -0.05) is 97.7 Å². The number of hydrogen-bond donors (Lipinski definition) is 1. The highest BCUT2D eigenvalue weighted by molar-refractivity contribution is 7.92. The largest absolute Gasteiger partial charge is 0.354 e. The van der Waals surface area contributed by atoms with Crippen LogP contribution in [0.25, 0.3) is 0 Å². The minimum absolute atomic E-state index is 0.0400. The normalized spacial score (nSPS) is 12.1. The van der Waals surface area contributed by atoms with Crippen molar-refractivity contribution >= 4 is 50.7 Å². The molecule has 0 aliphatic rings. The molecule has 0 aromatic heterocycles. The van der Waals surface area contributed by atoms with Crippen LogP contribution in [-0.2, 0) is 32.6 Å². The van der Waals surface area contributed by atoms with Crippen LogP contribution in [0.15, 0.2) is 102 Å². The van der Waals surface area contributed by atoms with E-state index in [9.17, 15) is 18.0 Å². The highest BCUT2D eigenvalue weighted by Crippen LogP contribution is 2.30. The number of carbonyl (C=O) groups excluding carboxylic acids is 2. The molecule has 0 spiro atoms. The van der Waals surface area contributed by atoms with Gasteiger partial charge in [-0.25, -0.2) is 8.42 Å². The van der Waals surface area contributed by atoms with Crippen LogP contribution >= 0.6 is 23.2 Å². The molecule has 4 aromatic rings. The Morgan fingerprint density at radius 3 is 1.93 bits per heavy atom. The van der Waals surface area contributed by atoms with Crippen molar-refractivity contribution in [2.75, 3.05) is 17.4 Å². The zero-order valence-electron chi connectivity index (χ0n) is 26.4. The van der Waals surface area contributed by atoms with Crippen molar-refractivity contribution in [2.45, 2.75) is 51.6 Å². The van der Waals surface area contributed by atoms with E-state index in [1.165, 1.54) is 17.0 Å². The van der Waals surface area contributed by atoms with Gasteiger partial charge >= 0.3 is 0 Å². The lowest BCUT2D eigenvalue weighted by molar-refractivity contribution is -0.140. The molecule has 2 amide bonds. The predicted molar refractivity (Wildman–Crippen MR) is 186 cm³/mol. The smallest absolute Gasteiger partial charge is 0.264 e. The van der Waals surface area contributed by atoms with Crippen LogP contribution in [0.5, 0.6) is 0 Å². The topological polar surface area (TPSA) is 86.8 Å². The van der Waals surface area contributed by atoms with E-state index in [4.69, 9.17) is 23.2 Å². The van der Waals surface area contributed by atoms with Gasteiger partial charge < -0.3 is 10.2 Å². The summed E-state index contributed by atoms with van der Waals surface area (Å²) < 4.78 is 29.5. The molecule has 7 nitrogen and oxygen atoms in total. The second kappa shape index (κ2) is 15.6. The first-order chi connectivity index (χ1) is 21.9. The number of aryl methyl sites for hydroxylation is 2. The summed E-state index contributed by atoms with van der Waals surface area (Å²) in [6.07, 6.45) is 0.188. The first-order valence-electron chi connectivity index (χ1n) is 15.1. The molecule has 46 heavy (non-hydrogen) atoms. The lowest BCUT2D eigenvalue weighted by Crippen LogP contribution is -2.53. The molecule has 242 valence electrons. The van der Waals surface area contributed by atoms with Crippen LogP contribution in [0.3, 0.4) is 0 Å². The van der Waals surface area contributed by atoms with E-state index >= 15 is 0 Å². The van der Waals surface area contributed by atoms with E-state index < -0.39 is 28.5 Å². The molecule has 0 saturated heterocycles. The zero-order valence-corrected chi connectivity index (χ0v) is 28.7. The molecular formula is C36H39Cl2N3O4S. The van der Waals surface area contributed by atoms with Crippen LogP contribution in [0.2, 0.25) is 10.0 Å². The lowest BCUT2D eigenvalue weighted by atomic mass is 10.0. The van der Waals surface area contributed by atoms with Gasteiger partial charge in [0.05, 0.1) is 10.6 Å². The van der Waals surface area contributed by atoms with Crippen molar-refractivity contribution in [3.63, 3.8) is 0 Å². The fourth-order valence-electron chi connectivity index (χ4n) is 5.17. The number of sulfonamides is 1. The first kappa shape index (κ1) is 35.0. The Morgan fingerprint density at radius 1 is 0.804 bits per heavy atom. The molecule has 4 aromatic carbocycles. The molecule has 0 radical (unpaired) electrons. The summed E-state index contributed by atoms with van der Waals surface area (Å²) in [5.74, 6) is -0.784. The third-order valence-electron chi connectivity index (χ3n) is 7.45. The minimum atomic E-state index is -4.20. The van der Waals surface area contributed by atoms with Gasteiger partial charge in [0.15, 0.2) is 0 Å². The van der Waals surface area contributed by atoms with Crippen LogP contribution in [-0.4, -0.2) is 44.3 Å². The number of rotatable bonds is 13. The van der Waals surface area contributed by atoms with E-state index in [-0.39, 0.29) is 29.7 Å². The van der Waals surface area contributed by atoms with Crippen LogP contribution in [0.4, 0.5) is 5.69 Å². The Balaban J connectivity index is 1.85. The molecule has 0 fully saturated rings. The van der Waals surface area contributed by atoms with Crippen molar-refractivity contribution in [2.24, 2.45) is 5.92 Å². The summed E-state index contributed by atoms with van der Waals surface area (Å²) in [6, 6.07) is 26.8. The third kappa shape index (κ3) is 8.90. The Kier molecular flexibility index (Phi) is 11.9. The van der Waals surface area contributed by atoms with Gasteiger partial charge in [-0.15, -0.1) is 0 Å². The Hall–Kier alpha value is -3.85. The van der Waals surface area contributed by atoms with Gasteiger partial charge in [-0.05, 0) is 72.9 Å².